The molecule has 2 rings (SSSR count). The van der Waals surface area contributed by atoms with Crippen molar-refractivity contribution >= 4 is 5.91 Å². The number of likely N-dealkylation sites (N-methyl/N-ethyl adjacent to an activating group) is 1. The van der Waals surface area contributed by atoms with Crippen molar-refractivity contribution in [2.75, 3.05) is 33.7 Å². The predicted octanol–water partition coefficient (Wildman–Crippen LogP) is 2.00. The quantitative estimate of drug-likeness (QED) is 0.788. The topological polar surface area (TPSA) is 44.4 Å². The first-order chi connectivity index (χ1) is 10.0. The summed E-state index contributed by atoms with van der Waals surface area (Å²) in [5.41, 5.74) is 0.169. The van der Waals surface area contributed by atoms with Gasteiger partial charge < -0.3 is 15.5 Å². The summed E-state index contributed by atoms with van der Waals surface area (Å²) in [5, 5.41) is 6.59. The van der Waals surface area contributed by atoms with Gasteiger partial charge in [-0.1, -0.05) is 19.8 Å². The molecular formula is C17H33N3O. The molecule has 0 bridgehead atoms. The van der Waals surface area contributed by atoms with Gasteiger partial charge in [0.1, 0.15) is 0 Å². The van der Waals surface area contributed by atoms with E-state index < -0.39 is 0 Å². The van der Waals surface area contributed by atoms with Crippen LogP contribution in [0, 0.1) is 11.8 Å². The first-order valence-corrected chi connectivity index (χ1v) is 8.67. The highest BCUT2D eigenvalue weighted by molar-refractivity contribution is 5.75. The Labute approximate surface area is 130 Å². The zero-order valence-electron chi connectivity index (χ0n) is 14.1. The molecule has 0 aromatic rings. The van der Waals surface area contributed by atoms with E-state index in [4.69, 9.17) is 0 Å². The number of carbonyl (C=O) groups is 1. The fourth-order valence-corrected chi connectivity index (χ4v) is 4.00. The summed E-state index contributed by atoms with van der Waals surface area (Å²) < 4.78 is 0. The van der Waals surface area contributed by atoms with Gasteiger partial charge in [0.2, 0.25) is 5.91 Å². The molecule has 3 atom stereocenters. The zero-order valence-corrected chi connectivity index (χ0v) is 14.1. The van der Waals surface area contributed by atoms with E-state index in [1.54, 1.807) is 0 Å². The van der Waals surface area contributed by atoms with Crippen LogP contribution in [0.5, 0.6) is 0 Å². The lowest BCUT2D eigenvalue weighted by molar-refractivity contribution is -0.122. The van der Waals surface area contributed by atoms with Crippen molar-refractivity contribution in [3.05, 3.63) is 0 Å². The van der Waals surface area contributed by atoms with Crippen molar-refractivity contribution in [2.24, 2.45) is 11.8 Å². The fourth-order valence-electron chi connectivity index (χ4n) is 4.00. The maximum atomic E-state index is 12.1. The highest BCUT2D eigenvalue weighted by Crippen LogP contribution is 2.35. The Morgan fingerprint density at radius 2 is 2.19 bits per heavy atom. The normalized spacial score (nSPS) is 33.3. The van der Waals surface area contributed by atoms with Gasteiger partial charge in [-0.25, -0.2) is 0 Å². The standard InChI is InChI=1S/C17H33N3O/c1-14-5-4-9-17(11-14,20(2)3)13-19-16(21)7-6-15-8-10-18-12-15/h14-15,18H,4-13H2,1-3H3,(H,19,21). The van der Waals surface area contributed by atoms with Crippen molar-refractivity contribution in [3.63, 3.8) is 0 Å². The van der Waals surface area contributed by atoms with Crippen molar-refractivity contribution in [3.8, 4) is 0 Å². The molecule has 0 spiro atoms. The van der Waals surface area contributed by atoms with Crippen molar-refractivity contribution in [1.82, 2.24) is 15.5 Å². The molecule has 1 saturated carbocycles. The van der Waals surface area contributed by atoms with Crippen LogP contribution in [0.4, 0.5) is 0 Å². The molecule has 21 heavy (non-hydrogen) atoms. The molecular weight excluding hydrogens is 262 g/mol. The summed E-state index contributed by atoms with van der Waals surface area (Å²) in [5.74, 6) is 1.71. The molecule has 1 heterocycles. The molecule has 0 radical (unpaired) electrons. The number of rotatable bonds is 6. The zero-order chi connectivity index (χ0) is 15.3. The number of hydrogen-bond acceptors (Lipinski definition) is 3. The van der Waals surface area contributed by atoms with E-state index in [0.29, 0.717) is 12.3 Å². The SMILES string of the molecule is CC1CCCC(CNC(=O)CCC2CCNC2)(N(C)C)C1. The van der Waals surface area contributed by atoms with Gasteiger partial charge in [0.15, 0.2) is 0 Å². The average Bonchev–Trinajstić information content (AvgIpc) is 2.96. The lowest BCUT2D eigenvalue weighted by atomic mass is 9.75. The second-order valence-corrected chi connectivity index (χ2v) is 7.49. The minimum atomic E-state index is 0.169. The lowest BCUT2D eigenvalue weighted by Crippen LogP contribution is -2.55. The van der Waals surface area contributed by atoms with E-state index in [9.17, 15) is 4.79 Å². The summed E-state index contributed by atoms with van der Waals surface area (Å²) >= 11 is 0. The Bertz CT molecular complexity index is 339. The molecule has 3 unspecified atom stereocenters. The van der Waals surface area contributed by atoms with Crippen LogP contribution in [0.3, 0.4) is 0 Å². The fraction of sp³-hybridized carbons (Fsp3) is 0.941. The van der Waals surface area contributed by atoms with Crippen LogP contribution in [0.15, 0.2) is 0 Å². The van der Waals surface area contributed by atoms with E-state index in [1.165, 1.54) is 32.1 Å². The second kappa shape index (κ2) is 7.59. The van der Waals surface area contributed by atoms with E-state index in [0.717, 1.165) is 32.0 Å². The molecule has 4 heteroatoms. The van der Waals surface area contributed by atoms with Crippen LogP contribution in [-0.2, 0) is 4.79 Å². The van der Waals surface area contributed by atoms with Gasteiger partial charge in [-0.3, -0.25) is 4.79 Å². The van der Waals surface area contributed by atoms with Gasteiger partial charge in [-0.05, 0) is 64.7 Å². The first kappa shape index (κ1) is 16.8. The third-order valence-corrected chi connectivity index (χ3v) is 5.57. The van der Waals surface area contributed by atoms with Crippen LogP contribution in [0.25, 0.3) is 0 Å². The van der Waals surface area contributed by atoms with E-state index >= 15 is 0 Å². The molecule has 2 N–H and O–H groups in total. The summed E-state index contributed by atoms with van der Waals surface area (Å²) in [6.45, 7) is 5.36. The van der Waals surface area contributed by atoms with Crippen molar-refractivity contribution in [2.45, 2.75) is 57.4 Å². The van der Waals surface area contributed by atoms with Crippen LogP contribution >= 0.6 is 0 Å². The van der Waals surface area contributed by atoms with E-state index in [-0.39, 0.29) is 11.4 Å². The van der Waals surface area contributed by atoms with Crippen molar-refractivity contribution in [1.29, 1.82) is 0 Å². The van der Waals surface area contributed by atoms with Crippen LogP contribution in [-0.4, -0.2) is 50.1 Å². The summed E-state index contributed by atoms with van der Waals surface area (Å²) in [4.78, 5) is 14.5. The molecule has 0 aromatic carbocycles. The Balaban J connectivity index is 1.76. The van der Waals surface area contributed by atoms with Crippen LogP contribution < -0.4 is 10.6 Å². The minimum absolute atomic E-state index is 0.169. The van der Waals surface area contributed by atoms with Gasteiger partial charge in [-0.15, -0.1) is 0 Å². The molecule has 1 aliphatic carbocycles. The van der Waals surface area contributed by atoms with Crippen molar-refractivity contribution < 1.29 is 4.79 Å². The van der Waals surface area contributed by atoms with Gasteiger partial charge in [0, 0.05) is 18.5 Å². The molecule has 2 fully saturated rings. The molecule has 1 saturated heterocycles. The number of nitrogens with zero attached hydrogens (tertiary/aromatic N) is 1. The van der Waals surface area contributed by atoms with Gasteiger partial charge in [0.05, 0.1) is 0 Å². The largest absolute Gasteiger partial charge is 0.354 e. The van der Waals surface area contributed by atoms with Gasteiger partial charge in [0.25, 0.3) is 0 Å². The third-order valence-electron chi connectivity index (χ3n) is 5.57. The molecule has 4 nitrogen and oxygen atoms in total. The number of amides is 1. The van der Waals surface area contributed by atoms with Crippen LogP contribution in [0.2, 0.25) is 0 Å². The maximum Gasteiger partial charge on any atom is 0.220 e. The number of carbonyl (C=O) groups excluding carboxylic acids is 1. The highest BCUT2D eigenvalue weighted by Gasteiger charge is 2.37. The Morgan fingerprint density at radius 3 is 2.81 bits per heavy atom. The Hall–Kier alpha value is -0.610. The molecule has 0 aromatic heterocycles. The van der Waals surface area contributed by atoms with E-state index in [2.05, 4.69) is 36.6 Å². The Kier molecular flexibility index (Phi) is 6.06. The molecule has 122 valence electrons. The van der Waals surface area contributed by atoms with Gasteiger partial charge in [-0.2, -0.15) is 0 Å². The minimum Gasteiger partial charge on any atom is -0.354 e. The van der Waals surface area contributed by atoms with E-state index in [1.807, 2.05) is 0 Å². The smallest absolute Gasteiger partial charge is 0.220 e. The molecule has 1 aliphatic heterocycles. The lowest BCUT2D eigenvalue weighted by Gasteiger charge is -2.45. The summed E-state index contributed by atoms with van der Waals surface area (Å²) in [6, 6.07) is 0. The Morgan fingerprint density at radius 1 is 1.38 bits per heavy atom. The number of hydrogen-bond donors (Lipinski definition) is 2. The highest BCUT2D eigenvalue weighted by atomic mass is 16.1. The maximum absolute atomic E-state index is 12.1. The summed E-state index contributed by atoms with van der Waals surface area (Å²) in [7, 11) is 4.32. The predicted molar refractivity (Wildman–Crippen MR) is 87.3 cm³/mol. The monoisotopic (exact) mass is 295 g/mol. The van der Waals surface area contributed by atoms with Crippen LogP contribution in [0.1, 0.15) is 51.9 Å². The first-order valence-electron chi connectivity index (χ1n) is 8.67. The average molecular weight is 295 g/mol. The molecule has 2 aliphatic rings. The second-order valence-electron chi connectivity index (χ2n) is 7.49. The third kappa shape index (κ3) is 4.68. The summed E-state index contributed by atoms with van der Waals surface area (Å²) in [6.07, 6.45) is 7.97. The molecule has 1 amide bonds. The van der Waals surface area contributed by atoms with Gasteiger partial charge >= 0.3 is 0 Å². The number of nitrogens with one attached hydrogen (secondary N) is 2.